The average Bonchev–Trinajstić information content (AvgIpc) is 3.22. The van der Waals surface area contributed by atoms with Gasteiger partial charge in [-0.1, -0.05) is 0 Å². The molecule has 156 valence electrons. The lowest BCUT2D eigenvalue weighted by atomic mass is 9.84. The molecule has 3 heterocycles. The number of carbonyl (C=O) groups excluding carboxylic acids is 2. The van der Waals surface area contributed by atoms with Crippen LogP contribution in [0.5, 0.6) is 0 Å². The van der Waals surface area contributed by atoms with Gasteiger partial charge in [-0.2, -0.15) is 13.2 Å². The van der Waals surface area contributed by atoms with Crippen molar-refractivity contribution in [1.29, 1.82) is 0 Å². The molecule has 1 aromatic rings. The molecule has 1 aromatic carbocycles. The van der Waals surface area contributed by atoms with Gasteiger partial charge < -0.3 is 20.9 Å². The first-order valence-corrected chi connectivity index (χ1v) is 9.83. The van der Waals surface area contributed by atoms with E-state index in [-0.39, 0.29) is 23.1 Å². The largest absolute Gasteiger partial charge is 0.418 e. The number of alkyl halides is 3. The highest BCUT2D eigenvalue weighted by molar-refractivity contribution is 6.24. The van der Waals surface area contributed by atoms with E-state index in [4.69, 9.17) is 0 Å². The third-order valence-electron chi connectivity index (χ3n) is 5.80. The Hall–Kier alpha value is -2.55. The Labute approximate surface area is 166 Å². The van der Waals surface area contributed by atoms with E-state index in [0.29, 0.717) is 25.3 Å². The molecule has 6 nitrogen and oxygen atoms in total. The summed E-state index contributed by atoms with van der Waals surface area (Å²) in [4.78, 5) is 27.2. The molecule has 3 N–H and O–H groups in total. The van der Waals surface area contributed by atoms with Gasteiger partial charge >= 0.3 is 6.18 Å². The highest BCUT2D eigenvalue weighted by Crippen LogP contribution is 2.38. The van der Waals surface area contributed by atoms with Gasteiger partial charge in [0.2, 0.25) is 0 Å². The van der Waals surface area contributed by atoms with E-state index >= 15 is 0 Å². The number of Topliss-reactive ketones (excluding diaryl/α,β-unsaturated/α-hetero) is 1. The third-order valence-corrected chi connectivity index (χ3v) is 5.80. The van der Waals surface area contributed by atoms with E-state index in [1.807, 2.05) is 4.90 Å². The lowest BCUT2D eigenvalue weighted by Crippen LogP contribution is -2.53. The number of hydrogen-bond donors (Lipinski definition) is 3. The molecule has 2 fully saturated rings. The number of piperidine rings is 1. The molecule has 0 aliphatic carbocycles. The van der Waals surface area contributed by atoms with Crippen molar-refractivity contribution in [2.45, 2.75) is 31.5 Å². The Morgan fingerprint density at radius 3 is 2.69 bits per heavy atom. The molecular weight excluding hydrogens is 385 g/mol. The van der Waals surface area contributed by atoms with E-state index in [9.17, 15) is 22.8 Å². The smallest absolute Gasteiger partial charge is 0.387 e. The zero-order valence-corrected chi connectivity index (χ0v) is 15.8. The van der Waals surface area contributed by atoms with Crippen molar-refractivity contribution in [2.75, 3.05) is 36.4 Å². The van der Waals surface area contributed by atoms with Crippen LogP contribution in [0.2, 0.25) is 0 Å². The SMILES string of the molecule is O=C(Nc1ccc(N2CCCC2)cc1C(F)(F)F)C1=CNC2CCNCC2C1=O. The van der Waals surface area contributed by atoms with Crippen molar-refractivity contribution >= 4 is 23.1 Å². The van der Waals surface area contributed by atoms with E-state index in [2.05, 4.69) is 16.0 Å². The van der Waals surface area contributed by atoms with Crippen molar-refractivity contribution in [3.63, 3.8) is 0 Å². The third kappa shape index (κ3) is 3.96. The Morgan fingerprint density at radius 2 is 1.97 bits per heavy atom. The van der Waals surface area contributed by atoms with E-state index in [1.54, 1.807) is 6.07 Å². The van der Waals surface area contributed by atoms with Crippen LogP contribution in [-0.4, -0.2) is 43.9 Å². The van der Waals surface area contributed by atoms with Crippen molar-refractivity contribution in [3.8, 4) is 0 Å². The molecule has 0 saturated carbocycles. The quantitative estimate of drug-likeness (QED) is 0.670. The number of halogens is 3. The lowest BCUT2D eigenvalue weighted by molar-refractivity contribution is -0.136. The van der Waals surface area contributed by atoms with Gasteiger partial charge in [0.25, 0.3) is 5.91 Å². The number of anilines is 2. The van der Waals surface area contributed by atoms with Gasteiger partial charge in [0.1, 0.15) is 0 Å². The van der Waals surface area contributed by atoms with Crippen LogP contribution in [0.4, 0.5) is 24.5 Å². The Morgan fingerprint density at radius 1 is 1.21 bits per heavy atom. The van der Waals surface area contributed by atoms with Crippen LogP contribution >= 0.6 is 0 Å². The van der Waals surface area contributed by atoms with Crippen molar-refractivity contribution in [3.05, 3.63) is 35.5 Å². The van der Waals surface area contributed by atoms with Gasteiger partial charge in [-0.25, -0.2) is 0 Å². The Bertz CT molecular complexity index is 847. The average molecular weight is 408 g/mol. The van der Waals surface area contributed by atoms with E-state index in [0.717, 1.165) is 31.9 Å². The summed E-state index contributed by atoms with van der Waals surface area (Å²) in [6, 6.07) is 3.86. The van der Waals surface area contributed by atoms with Gasteiger partial charge in [-0.3, -0.25) is 9.59 Å². The van der Waals surface area contributed by atoms with Crippen LogP contribution in [0.25, 0.3) is 0 Å². The lowest BCUT2D eigenvalue weighted by Gasteiger charge is -2.35. The minimum absolute atomic E-state index is 0.0502. The van der Waals surface area contributed by atoms with Crippen molar-refractivity contribution < 1.29 is 22.8 Å². The van der Waals surface area contributed by atoms with Crippen LogP contribution in [0.1, 0.15) is 24.8 Å². The zero-order chi connectivity index (χ0) is 20.6. The van der Waals surface area contributed by atoms with Crippen LogP contribution in [0.15, 0.2) is 30.0 Å². The minimum Gasteiger partial charge on any atom is -0.387 e. The monoisotopic (exact) mass is 408 g/mol. The van der Waals surface area contributed by atoms with Crippen LogP contribution in [0, 0.1) is 5.92 Å². The number of rotatable bonds is 3. The predicted molar refractivity (Wildman–Crippen MR) is 103 cm³/mol. The highest BCUT2D eigenvalue weighted by Gasteiger charge is 2.39. The second-order valence-electron chi connectivity index (χ2n) is 7.67. The molecule has 2 saturated heterocycles. The first-order valence-electron chi connectivity index (χ1n) is 9.83. The van der Waals surface area contributed by atoms with Crippen LogP contribution < -0.4 is 20.9 Å². The summed E-state index contributed by atoms with van der Waals surface area (Å²) in [5.74, 6) is -1.57. The molecule has 0 aromatic heterocycles. The van der Waals surface area contributed by atoms with Crippen LogP contribution in [0.3, 0.4) is 0 Å². The molecule has 1 amide bonds. The fourth-order valence-electron chi connectivity index (χ4n) is 4.21. The maximum absolute atomic E-state index is 13.6. The summed E-state index contributed by atoms with van der Waals surface area (Å²) >= 11 is 0. The fourth-order valence-corrected chi connectivity index (χ4v) is 4.21. The summed E-state index contributed by atoms with van der Waals surface area (Å²) in [6.07, 6.45) is -0.659. The van der Waals surface area contributed by atoms with Gasteiger partial charge in [0.05, 0.1) is 22.7 Å². The number of amides is 1. The second-order valence-corrected chi connectivity index (χ2v) is 7.67. The van der Waals surface area contributed by atoms with Gasteiger partial charge in [-0.15, -0.1) is 0 Å². The topological polar surface area (TPSA) is 73.5 Å². The Kier molecular flexibility index (Phi) is 5.24. The molecule has 0 spiro atoms. The molecule has 9 heteroatoms. The van der Waals surface area contributed by atoms with Crippen LogP contribution in [-0.2, 0) is 15.8 Å². The van der Waals surface area contributed by atoms with Gasteiger partial charge in [-0.05, 0) is 44.0 Å². The maximum atomic E-state index is 13.6. The maximum Gasteiger partial charge on any atom is 0.418 e. The normalized spacial score (nSPS) is 24.6. The van der Waals surface area contributed by atoms with Crippen molar-refractivity contribution in [1.82, 2.24) is 10.6 Å². The van der Waals surface area contributed by atoms with E-state index in [1.165, 1.54) is 12.3 Å². The van der Waals surface area contributed by atoms with Crippen molar-refractivity contribution in [2.24, 2.45) is 5.92 Å². The number of carbonyl (C=O) groups is 2. The minimum atomic E-state index is -4.63. The molecule has 2 unspecified atom stereocenters. The Balaban J connectivity index is 1.57. The molecule has 29 heavy (non-hydrogen) atoms. The number of hydrogen-bond acceptors (Lipinski definition) is 5. The predicted octanol–water partition coefficient (Wildman–Crippen LogP) is 2.28. The zero-order valence-electron chi connectivity index (χ0n) is 15.8. The van der Waals surface area contributed by atoms with Gasteiger partial charge in [0.15, 0.2) is 5.78 Å². The molecule has 0 radical (unpaired) electrons. The number of nitrogens with zero attached hydrogens (tertiary/aromatic N) is 1. The van der Waals surface area contributed by atoms with E-state index < -0.39 is 23.6 Å². The standard InChI is InChI=1S/C20H23F3N4O2/c21-20(22,23)15-9-12(27-7-1-2-8-27)3-4-17(15)26-19(29)14-11-25-16-5-6-24-10-13(16)18(14)28/h3-4,9,11,13,16,24-25H,1-2,5-8,10H2,(H,26,29). The number of nitrogens with one attached hydrogen (secondary N) is 3. The second kappa shape index (κ2) is 7.70. The summed E-state index contributed by atoms with van der Waals surface area (Å²) in [5.41, 5.74) is -0.919. The summed E-state index contributed by atoms with van der Waals surface area (Å²) in [7, 11) is 0. The molecular formula is C20H23F3N4O2. The highest BCUT2D eigenvalue weighted by atomic mass is 19.4. The molecule has 3 aliphatic heterocycles. The molecule has 4 rings (SSSR count). The van der Waals surface area contributed by atoms with Gasteiger partial charge in [0, 0.05) is 37.6 Å². The summed E-state index contributed by atoms with van der Waals surface area (Å²) in [6.45, 7) is 2.65. The molecule has 0 bridgehead atoms. The first kappa shape index (κ1) is 19.8. The first-order chi connectivity index (χ1) is 13.8. The molecule has 3 aliphatic rings. The summed E-state index contributed by atoms with van der Waals surface area (Å²) < 4.78 is 40.9. The summed E-state index contributed by atoms with van der Waals surface area (Å²) in [5, 5.41) is 8.46. The number of benzene rings is 1. The fraction of sp³-hybridized carbons (Fsp3) is 0.500. The number of fused-ring (bicyclic) bond motifs is 1. The molecule has 2 atom stereocenters. The number of ketones is 1.